The van der Waals surface area contributed by atoms with Gasteiger partial charge in [0.2, 0.25) is 0 Å². The average Bonchev–Trinajstić information content (AvgIpc) is 3.12. The van der Waals surface area contributed by atoms with Crippen LogP contribution in [-0.4, -0.2) is 28.0 Å². The van der Waals surface area contributed by atoms with Gasteiger partial charge in [0, 0.05) is 12.2 Å². The number of aromatic carboxylic acids is 1. The lowest BCUT2D eigenvalue weighted by molar-refractivity contribution is 0.0689. The summed E-state index contributed by atoms with van der Waals surface area (Å²) in [5.74, 6) is -0.841. The van der Waals surface area contributed by atoms with Gasteiger partial charge in [0.15, 0.2) is 0 Å². The van der Waals surface area contributed by atoms with Crippen molar-refractivity contribution in [2.45, 2.75) is 32.2 Å². The molecular weight excluding hydrogens is 232 g/mol. The number of hydrogen-bond donors (Lipinski definition) is 2. The second-order valence-electron chi connectivity index (χ2n) is 4.76. The van der Waals surface area contributed by atoms with Crippen molar-refractivity contribution in [2.24, 2.45) is 5.92 Å². The van der Waals surface area contributed by atoms with Crippen molar-refractivity contribution in [3.63, 3.8) is 0 Å². The van der Waals surface area contributed by atoms with Gasteiger partial charge in [-0.25, -0.2) is 4.79 Å². The summed E-state index contributed by atoms with van der Waals surface area (Å²) in [6.07, 6.45) is 4.82. The molecule has 0 aliphatic heterocycles. The molecule has 2 N–H and O–H groups in total. The van der Waals surface area contributed by atoms with E-state index in [1.54, 1.807) is 0 Å². The monoisotopic (exact) mass is 248 g/mol. The van der Waals surface area contributed by atoms with E-state index in [0.29, 0.717) is 5.92 Å². The number of aromatic nitrogens is 1. The minimum absolute atomic E-state index is 0.0207. The number of nitrogens with zero attached hydrogens (tertiary/aromatic N) is 1. The third-order valence-corrected chi connectivity index (χ3v) is 3.01. The van der Waals surface area contributed by atoms with E-state index in [-0.39, 0.29) is 17.3 Å². The van der Waals surface area contributed by atoms with E-state index >= 15 is 0 Å². The Balaban J connectivity index is 2.05. The molecule has 1 amide bonds. The summed E-state index contributed by atoms with van der Waals surface area (Å²) in [7, 11) is 0. The zero-order valence-corrected chi connectivity index (χ0v) is 10.2. The largest absolute Gasteiger partial charge is 0.478 e. The van der Waals surface area contributed by atoms with Crippen LogP contribution in [0.15, 0.2) is 18.3 Å². The van der Waals surface area contributed by atoms with Gasteiger partial charge >= 0.3 is 5.97 Å². The summed E-state index contributed by atoms with van der Waals surface area (Å²) in [5.41, 5.74) is -0.0822. The molecule has 2 rings (SSSR count). The number of carbonyl (C=O) groups excluding carboxylic acids is 1. The van der Waals surface area contributed by atoms with Crippen LogP contribution in [-0.2, 0) is 0 Å². The fourth-order valence-electron chi connectivity index (χ4n) is 1.96. The van der Waals surface area contributed by atoms with Crippen LogP contribution in [0.2, 0.25) is 0 Å². The topological polar surface area (TPSA) is 79.3 Å². The summed E-state index contributed by atoms with van der Waals surface area (Å²) < 4.78 is 0. The third-order valence-electron chi connectivity index (χ3n) is 3.01. The number of carboxylic acid groups (broad SMARTS) is 1. The van der Waals surface area contributed by atoms with Gasteiger partial charge in [-0.1, -0.05) is 12.8 Å². The summed E-state index contributed by atoms with van der Waals surface area (Å²) in [4.78, 5) is 26.8. The first-order chi connectivity index (χ1) is 8.58. The van der Waals surface area contributed by atoms with E-state index in [4.69, 9.17) is 5.11 Å². The quantitative estimate of drug-likeness (QED) is 0.831. The molecule has 5 heteroatoms. The first kappa shape index (κ1) is 12.5. The molecule has 1 aliphatic carbocycles. The highest BCUT2D eigenvalue weighted by atomic mass is 16.4. The van der Waals surface area contributed by atoms with Gasteiger partial charge < -0.3 is 10.4 Å². The molecule has 0 aromatic carbocycles. The van der Waals surface area contributed by atoms with Crippen LogP contribution in [0.1, 0.15) is 47.0 Å². The van der Waals surface area contributed by atoms with E-state index in [9.17, 15) is 9.59 Å². The molecule has 1 aliphatic rings. The Labute approximate surface area is 105 Å². The zero-order valence-electron chi connectivity index (χ0n) is 10.2. The lowest BCUT2D eigenvalue weighted by atomic mass is 10.1. The summed E-state index contributed by atoms with van der Waals surface area (Å²) >= 11 is 0. The highest BCUT2D eigenvalue weighted by Crippen LogP contribution is 2.33. The molecule has 0 radical (unpaired) electrons. The molecule has 18 heavy (non-hydrogen) atoms. The maximum Gasteiger partial charge on any atom is 0.338 e. The zero-order chi connectivity index (χ0) is 13.1. The van der Waals surface area contributed by atoms with E-state index in [0.717, 1.165) is 6.42 Å². The third kappa shape index (κ3) is 3.06. The lowest BCUT2D eigenvalue weighted by Gasteiger charge is -2.13. The Hall–Kier alpha value is -1.91. The van der Waals surface area contributed by atoms with Gasteiger partial charge in [0.25, 0.3) is 5.91 Å². The van der Waals surface area contributed by atoms with Crippen molar-refractivity contribution >= 4 is 11.9 Å². The summed E-state index contributed by atoms with van der Waals surface area (Å²) in [6.45, 7) is 1.93. The van der Waals surface area contributed by atoms with Crippen LogP contribution >= 0.6 is 0 Å². The molecule has 96 valence electrons. The maximum absolute atomic E-state index is 11.9. The number of hydrogen-bond acceptors (Lipinski definition) is 3. The second-order valence-corrected chi connectivity index (χ2v) is 4.76. The number of carbonyl (C=O) groups is 2. The molecule has 0 spiro atoms. The molecule has 1 fully saturated rings. The van der Waals surface area contributed by atoms with Crippen molar-refractivity contribution in [2.75, 3.05) is 0 Å². The summed E-state index contributed by atoms with van der Waals surface area (Å²) in [5, 5.41) is 11.8. The summed E-state index contributed by atoms with van der Waals surface area (Å²) in [6, 6.07) is 2.94. The van der Waals surface area contributed by atoms with Crippen LogP contribution in [0.3, 0.4) is 0 Å². The fraction of sp³-hybridized carbons (Fsp3) is 0.462. The number of rotatable bonds is 5. The molecule has 1 atom stereocenters. The Morgan fingerprint density at radius 1 is 1.56 bits per heavy atom. The van der Waals surface area contributed by atoms with Crippen molar-refractivity contribution in [1.82, 2.24) is 10.3 Å². The minimum Gasteiger partial charge on any atom is -0.478 e. The van der Waals surface area contributed by atoms with Crippen LogP contribution in [0, 0.1) is 5.92 Å². The number of carboxylic acids is 1. The predicted molar refractivity (Wildman–Crippen MR) is 65.5 cm³/mol. The Bertz CT molecular complexity index is 469. The smallest absolute Gasteiger partial charge is 0.338 e. The van der Waals surface area contributed by atoms with Crippen molar-refractivity contribution < 1.29 is 14.7 Å². The highest BCUT2D eigenvalue weighted by molar-refractivity contribution is 6.03. The van der Waals surface area contributed by atoms with Gasteiger partial charge in [-0.3, -0.25) is 9.78 Å². The molecule has 1 heterocycles. The van der Waals surface area contributed by atoms with Crippen LogP contribution < -0.4 is 5.32 Å². The molecule has 5 nitrogen and oxygen atoms in total. The molecule has 1 unspecified atom stereocenters. The highest BCUT2D eigenvalue weighted by Gasteiger charge is 2.25. The van der Waals surface area contributed by atoms with Gasteiger partial charge in [-0.15, -0.1) is 0 Å². The van der Waals surface area contributed by atoms with Crippen molar-refractivity contribution in [3.8, 4) is 0 Å². The second kappa shape index (κ2) is 5.16. The molecule has 1 aromatic rings. The van der Waals surface area contributed by atoms with E-state index in [2.05, 4.69) is 10.3 Å². The minimum atomic E-state index is -1.14. The van der Waals surface area contributed by atoms with Gasteiger partial charge in [0.05, 0.1) is 5.56 Å². The molecule has 0 bridgehead atoms. The number of pyridine rings is 1. The fourth-order valence-corrected chi connectivity index (χ4v) is 1.96. The Morgan fingerprint density at radius 3 is 2.89 bits per heavy atom. The Morgan fingerprint density at radius 2 is 2.28 bits per heavy atom. The standard InChI is InChI=1S/C13H16N2O3/c1-8(7-9-4-5-9)15-12(16)11-10(13(17)18)3-2-6-14-11/h2-3,6,8-9H,4-5,7H2,1H3,(H,15,16)(H,17,18). The van der Waals surface area contributed by atoms with Crippen LogP contribution in [0.25, 0.3) is 0 Å². The van der Waals surface area contributed by atoms with Gasteiger partial charge in [-0.2, -0.15) is 0 Å². The van der Waals surface area contributed by atoms with Crippen LogP contribution in [0.4, 0.5) is 0 Å². The molecule has 1 saturated carbocycles. The van der Waals surface area contributed by atoms with E-state index < -0.39 is 11.9 Å². The Kier molecular flexibility index (Phi) is 3.60. The molecular formula is C13H16N2O3. The average molecular weight is 248 g/mol. The number of amides is 1. The van der Waals surface area contributed by atoms with E-state index in [1.807, 2.05) is 6.92 Å². The lowest BCUT2D eigenvalue weighted by Crippen LogP contribution is -2.34. The first-order valence-electron chi connectivity index (χ1n) is 6.07. The van der Waals surface area contributed by atoms with Crippen molar-refractivity contribution in [3.05, 3.63) is 29.6 Å². The predicted octanol–water partition coefficient (Wildman–Crippen LogP) is 1.70. The first-order valence-corrected chi connectivity index (χ1v) is 6.07. The molecule has 1 aromatic heterocycles. The van der Waals surface area contributed by atoms with Gasteiger partial charge in [0.1, 0.15) is 5.69 Å². The van der Waals surface area contributed by atoms with Gasteiger partial charge in [-0.05, 0) is 31.4 Å². The maximum atomic E-state index is 11.9. The SMILES string of the molecule is CC(CC1CC1)NC(=O)c1ncccc1C(=O)O. The van der Waals surface area contributed by atoms with Crippen LogP contribution in [0.5, 0.6) is 0 Å². The van der Waals surface area contributed by atoms with E-state index in [1.165, 1.54) is 31.2 Å². The van der Waals surface area contributed by atoms with Crippen molar-refractivity contribution in [1.29, 1.82) is 0 Å². The molecule has 0 saturated heterocycles. The number of nitrogens with one attached hydrogen (secondary N) is 1. The normalized spacial score (nSPS) is 16.1.